The summed E-state index contributed by atoms with van der Waals surface area (Å²) in [7, 11) is 0. The molecule has 3 heteroatoms. The second-order valence-corrected chi connectivity index (χ2v) is 4.96. The van der Waals surface area contributed by atoms with Gasteiger partial charge in [-0.3, -0.25) is 10.1 Å². The Morgan fingerprint density at radius 1 is 1.35 bits per heavy atom. The summed E-state index contributed by atoms with van der Waals surface area (Å²) >= 11 is 0. The van der Waals surface area contributed by atoms with Crippen LogP contribution in [0.3, 0.4) is 0 Å². The van der Waals surface area contributed by atoms with Crippen molar-refractivity contribution in [1.29, 1.82) is 0 Å². The van der Waals surface area contributed by atoms with Crippen LogP contribution in [0.4, 0.5) is 0 Å². The van der Waals surface area contributed by atoms with Gasteiger partial charge in [0.05, 0.1) is 0 Å². The van der Waals surface area contributed by atoms with Gasteiger partial charge in [-0.1, -0.05) is 37.3 Å². The lowest BCUT2D eigenvalue weighted by Crippen LogP contribution is -2.35. The summed E-state index contributed by atoms with van der Waals surface area (Å²) in [5.74, 6) is -0.0894. The smallest absolute Gasteiger partial charge is 0.325 e. The van der Waals surface area contributed by atoms with Gasteiger partial charge in [0.1, 0.15) is 6.04 Å². The lowest BCUT2D eigenvalue weighted by molar-refractivity contribution is -0.139. The van der Waals surface area contributed by atoms with Gasteiger partial charge in [-0.25, -0.2) is 0 Å². The third-order valence-electron chi connectivity index (χ3n) is 3.48. The van der Waals surface area contributed by atoms with Crippen molar-refractivity contribution in [1.82, 2.24) is 5.32 Å². The first-order valence-electron chi connectivity index (χ1n) is 6.20. The largest absolute Gasteiger partial charge is 0.480 e. The molecule has 1 aliphatic rings. The first-order valence-corrected chi connectivity index (χ1v) is 6.20. The Morgan fingerprint density at radius 2 is 2.06 bits per heavy atom. The van der Waals surface area contributed by atoms with Crippen LogP contribution in [0.1, 0.15) is 37.8 Å². The maximum Gasteiger partial charge on any atom is 0.325 e. The zero-order valence-electron chi connectivity index (χ0n) is 10.1. The molecule has 2 rings (SSSR count). The molecule has 3 unspecified atom stereocenters. The summed E-state index contributed by atoms with van der Waals surface area (Å²) in [4.78, 5) is 11.3. The number of benzene rings is 1. The van der Waals surface area contributed by atoms with Crippen LogP contribution >= 0.6 is 0 Å². The highest BCUT2D eigenvalue weighted by Gasteiger charge is 2.27. The van der Waals surface area contributed by atoms with E-state index in [-0.39, 0.29) is 0 Å². The van der Waals surface area contributed by atoms with Crippen LogP contribution in [-0.4, -0.2) is 17.1 Å². The Hall–Kier alpha value is -1.35. The zero-order chi connectivity index (χ0) is 12.3. The number of nitrogens with one attached hydrogen (secondary N) is 1. The van der Waals surface area contributed by atoms with Crippen molar-refractivity contribution in [2.45, 2.75) is 38.3 Å². The standard InChI is InChI=1S/C14H19NO2/c1-10-7-8-12(9-10)15-13(14(16)17)11-5-3-2-4-6-11/h2-6,10,12-13,15H,7-9H2,1H3,(H,16,17). The molecule has 0 saturated heterocycles. The van der Waals surface area contributed by atoms with Gasteiger partial charge in [0, 0.05) is 6.04 Å². The van der Waals surface area contributed by atoms with Crippen molar-refractivity contribution in [2.75, 3.05) is 0 Å². The van der Waals surface area contributed by atoms with Crippen LogP contribution in [-0.2, 0) is 4.79 Å². The third kappa shape index (κ3) is 3.07. The van der Waals surface area contributed by atoms with Crippen molar-refractivity contribution in [3.05, 3.63) is 35.9 Å². The predicted molar refractivity (Wildman–Crippen MR) is 66.8 cm³/mol. The second kappa shape index (κ2) is 5.32. The first kappa shape index (κ1) is 12.1. The van der Waals surface area contributed by atoms with Gasteiger partial charge in [-0.05, 0) is 30.7 Å². The summed E-state index contributed by atoms with van der Waals surface area (Å²) in [6.07, 6.45) is 3.35. The molecule has 1 saturated carbocycles. The molecule has 2 N–H and O–H groups in total. The molecule has 0 aliphatic heterocycles. The van der Waals surface area contributed by atoms with Gasteiger partial charge in [-0.2, -0.15) is 0 Å². The number of carboxylic acids is 1. The van der Waals surface area contributed by atoms with E-state index < -0.39 is 12.0 Å². The van der Waals surface area contributed by atoms with E-state index in [0.29, 0.717) is 12.0 Å². The molecule has 0 spiro atoms. The van der Waals surface area contributed by atoms with E-state index in [1.807, 2.05) is 30.3 Å². The van der Waals surface area contributed by atoms with Gasteiger partial charge in [0.2, 0.25) is 0 Å². The minimum atomic E-state index is -0.796. The molecular formula is C14H19NO2. The highest BCUT2D eigenvalue weighted by Crippen LogP contribution is 2.27. The van der Waals surface area contributed by atoms with E-state index in [4.69, 9.17) is 0 Å². The van der Waals surface area contributed by atoms with Crippen molar-refractivity contribution < 1.29 is 9.90 Å². The fraction of sp³-hybridized carbons (Fsp3) is 0.500. The normalized spacial score (nSPS) is 25.7. The molecular weight excluding hydrogens is 214 g/mol. The second-order valence-electron chi connectivity index (χ2n) is 4.96. The van der Waals surface area contributed by atoms with Gasteiger partial charge in [0.15, 0.2) is 0 Å². The lowest BCUT2D eigenvalue weighted by atomic mass is 10.1. The molecule has 0 aromatic heterocycles. The van der Waals surface area contributed by atoms with Gasteiger partial charge < -0.3 is 5.11 Å². The molecule has 1 fully saturated rings. The molecule has 1 aromatic rings. The van der Waals surface area contributed by atoms with E-state index in [9.17, 15) is 9.90 Å². The predicted octanol–water partition coefficient (Wildman–Crippen LogP) is 2.59. The Bertz CT molecular complexity index is 377. The maximum atomic E-state index is 11.3. The van der Waals surface area contributed by atoms with E-state index >= 15 is 0 Å². The maximum absolute atomic E-state index is 11.3. The quantitative estimate of drug-likeness (QED) is 0.840. The monoisotopic (exact) mass is 233 g/mol. The van der Waals surface area contributed by atoms with Crippen molar-refractivity contribution in [3.8, 4) is 0 Å². The van der Waals surface area contributed by atoms with E-state index in [1.165, 1.54) is 6.42 Å². The van der Waals surface area contributed by atoms with E-state index in [1.54, 1.807) is 0 Å². The zero-order valence-corrected chi connectivity index (χ0v) is 10.1. The van der Waals surface area contributed by atoms with Crippen LogP contribution in [0.2, 0.25) is 0 Å². The first-order chi connectivity index (χ1) is 8.16. The summed E-state index contributed by atoms with van der Waals surface area (Å²) in [5, 5.41) is 12.6. The van der Waals surface area contributed by atoms with E-state index in [2.05, 4.69) is 12.2 Å². The number of hydrogen-bond donors (Lipinski definition) is 2. The topological polar surface area (TPSA) is 49.3 Å². The summed E-state index contributed by atoms with van der Waals surface area (Å²) in [6.45, 7) is 2.22. The molecule has 1 aliphatic carbocycles. The van der Waals surface area contributed by atoms with Crippen LogP contribution in [0.5, 0.6) is 0 Å². The highest BCUT2D eigenvalue weighted by atomic mass is 16.4. The average Bonchev–Trinajstić information content (AvgIpc) is 2.73. The third-order valence-corrected chi connectivity index (χ3v) is 3.48. The molecule has 92 valence electrons. The number of carbonyl (C=O) groups is 1. The van der Waals surface area contributed by atoms with Gasteiger partial charge in [0.25, 0.3) is 0 Å². The Morgan fingerprint density at radius 3 is 2.59 bits per heavy atom. The number of carboxylic acid groups (broad SMARTS) is 1. The minimum Gasteiger partial charge on any atom is -0.480 e. The van der Waals surface area contributed by atoms with Gasteiger partial charge >= 0.3 is 5.97 Å². The molecule has 1 aromatic carbocycles. The van der Waals surface area contributed by atoms with Crippen molar-refractivity contribution in [3.63, 3.8) is 0 Å². The lowest BCUT2D eigenvalue weighted by Gasteiger charge is -2.20. The molecule has 0 bridgehead atoms. The Kier molecular flexibility index (Phi) is 3.79. The Labute approximate surface area is 102 Å². The van der Waals surface area contributed by atoms with E-state index in [0.717, 1.165) is 18.4 Å². The summed E-state index contributed by atoms with van der Waals surface area (Å²) in [5.41, 5.74) is 0.833. The Balaban J connectivity index is 2.06. The minimum absolute atomic E-state index is 0.339. The molecule has 0 amide bonds. The SMILES string of the molecule is CC1CCC(NC(C(=O)O)c2ccccc2)C1. The molecule has 0 radical (unpaired) electrons. The number of hydrogen-bond acceptors (Lipinski definition) is 2. The average molecular weight is 233 g/mol. The summed E-state index contributed by atoms with van der Waals surface area (Å²) < 4.78 is 0. The van der Waals surface area contributed by atoms with Crippen molar-refractivity contribution in [2.24, 2.45) is 5.92 Å². The molecule has 3 atom stereocenters. The summed E-state index contributed by atoms with van der Waals surface area (Å²) in [6, 6.07) is 9.15. The molecule has 0 heterocycles. The number of aliphatic carboxylic acids is 1. The highest BCUT2D eigenvalue weighted by molar-refractivity contribution is 5.75. The number of rotatable bonds is 4. The fourth-order valence-corrected chi connectivity index (χ4v) is 2.55. The van der Waals surface area contributed by atoms with Gasteiger partial charge in [-0.15, -0.1) is 0 Å². The fourth-order valence-electron chi connectivity index (χ4n) is 2.55. The van der Waals surface area contributed by atoms with Crippen LogP contribution < -0.4 is 5.32 Å². The van der Waals surface area contributed by atoms with Crippen LogP contribution in [0.25, 0.3) is 0 Å². The van der Waals surface area contributed by atoms with Crippen molar-refractivity contribution >= 4 is 5.97 Å². The molecule has 3 nitrogen and oxygen atoms in total. The molecule has 17 heavy (non-hydrogen) atoms. The van der Waals surface area contributed by atoms with Crippen LogP contribution in [0, 0.1) is 5.92 Å². The van der Waals surface area contributed by atoms with Crippen LogP contribution in [0.15, 0.2) is 30.3 Å².